The minimum atomic E-state index is 0.0857. The molecule has 2 N–H and O–H groups in total. The third kappa shape index (κ3) is 5.35. The summed E-state index contributed by atoms with van der Waals surface area (Å²) in [7, 11) is 1.77. The van der Waals surface area contributed by atoms with Crippen LogP contribution in [0.15, 0.2) is 29.3 Å². The predicted octanol–water partition coefficient (Wildman–Crippen LogP) is 1.06. The van der Waals surface area contributed by atoms with Crippen molar-refractivity contribution < 1.29 is 9.53 Å². The average Bonchev–Trinajstić information content (AvgIpc) is 3.14. The van der Waals surface area contributed by atoms with Crippen molar-refractivity contribution in [1.82, 2.24) is 15.5 Å². The summed E-state index contributed by atoms with van der Waals surface area (Å²) in [6.07, 6.45) is 1.15. The van der Waals surface area contributed by atoms with E-state index in [9.17, 15) is 4.79 Å². The van der Waals surface area contributed by atoms with Gasteiger partial charge in [0.15, 0.2) is 5.96 Å². The van der Waals surface area contributed by atoms with E-state index in [2.05, 4.69) is 51.6 Å². The number of nitrogens with one attached hydrogen (secondary N) is 2. The van der Waals surface area contributed by atoms with Gasteiger partial charge in [0.05, 0.1) is 19.7 Å². The van der Waals surface area contributed by atoms with Crippen molar-refractivity contribution in [3.05, 3.63) is 29.8 Å². The van der Waals surface area contributed by atoms with Gasteiger partial charge in [0.25, 0.3) is 0 Å². The lowest BCUT2D eigenvalue weighted by atomic mass is 10.1. The van der Waals surface area contributed by atoms with Crippen LogP contribution in [0.4, 0.5) is 5.69 Å². The number of nitrogens with zero attached hydrogens (tertiary/aromatic N) is 3. The minimum Gasteiger partial charge on any atom is -0.384 e. The molecule has 1 unspecified atom stereocenters. The molecule has 2 fully saturated rings. The number of likely N-dealkylation sites (tertiary alicyclic amines) is 1. The van der Waals surface area contributed by atoms with Crippen LogP contribution in [0, 0.1) is 5.92 Å². The van der Waals surface area contributed by atoms with Crippen LogP contribution in [0.25, 0.3) is 0 Å². The summed E-state index contributed by atoms with van der Waals surface area (Å²) in [6.45, 7) is 8.43. The number of methoxy groups -OCH3 is 1. The Morgan fingerprint density at radius 3 is 2.85 bits per heavy atom. The molecule has 0 spiro atoms. The molecular formula is C20H31N5O2. The summed E-state index contributed by atoms with van der Waals surface area (Å²) in [4.78, 5) is 20.8. The zero-order valence-electron chi connectivity index (χ0n) is 16.4. The minimum absolute atomic E-state index is 0.0857. The second kappa shape index (κ2) is 9.60. The molecule has 3 rings (SSSR count). The van der Waals surface area contributed by atoms with E-state index in [1.165, 1.54) is 5.56 Å². The Bertz CT molecular complexity index is 646. The molecule has 1 atom stereocenters. The van der Waals surface area contributed by atoms with Gasteiger partial charge < -0.3 is 25.2 Å². The van der Waals surface area contributed by atoms with Crippen LogP contribution in [-0.2, 0) is 16.1 Å². The van der Waals surface area contributed by atoms with Crippen molar-refractivity contribution >= 4 is 17.6 Å². The van der Waals surface area contributed by atoms with Gasteiger partial charge in [-0.2, -0.15) is 0 Å². The van der Waals surface area contributed by atoms with Crippen LogP contribution in [0.1, 0.15) is 18.9 Å². The molecule has 0 bridgehead atoms. The van der Waals surface area contributed by atoms with E-state index in [0.29, 0.717) is 25.6 Å². The Balaban J connectivity index is 1.60. The zero-order valence-corrected chi connectivity index (χ0v) is 16.4. The number of anilines is 1. The number of hydrogen-bond acceptors (Lipinski definition) is 4. The van der Waals surface area contributed by atoms with E-state index in [-0.39, 0.29) is 5.91 Å². The van der Waals surface area contributed by atoms with Crippen LogP contribution >= 0.6 is 0 Å². The molecule has 2 aliphatic rings. The van der Waals surface area contributed by atoms with Gasteiger partial charge in [-0.3, -0.25) is 4.79 Å². The van der Waals surface area contributed by atoms with Gasteiger partial charge in [-0.15, -0.1) is 0 Å². The lowest BCUT2D eigenvalue weighted by Crippen LogP contribution is -2.47. The van der Waals surface area contributed by atoms with Crippen LogP contribution < -0.4 is 15.5 Å². The van der Waals surface area contributed by atoms with Crippen molar-refractivity contribution in [2.45, 2.75) is 19.9 Å². The maximum Gasteiger partial charge on any atom is 0.239 e. The lowest BCUT2D eigenvalue weighted by molar-refractivity contribution is -0.120. The normalized spacial score (nSPS) is 20.7. The number of benzene rings is 1. The zero-order chi connectivity index (χ0) is 19.1. The van der Waals surface area contributed by atoms with Gasteiger partial charge in [0, 0.05) is 51.4 Å². The van der Waals surface area contributed by atoms with E-state index in [0.717, 1.165) is 50.9 Å². The first kappa shape index (κ1) is 19.5. The first-order chi connectivity index (χ1) is 13.2. The molecule has 2 heterocycles. The van der Waals surface area contributed by atoms with Crippen molar-refractivity contribution in [1.29, 1.82) is 0 Å². The molecule has 1 aromatic rings. The number of carbonyl (C=O) groups is 1. The Hall–Kier alpha value is -2.28. The molecule has 27 heavy (non-hydrogen) atoms. The number of amides is 1. The first-order valence-corrected chi connectivity index (χ1v) is 9.82. The molecular weight excluding hydrogens is 342 g/mol. The van der Waals surface area contributed by atoms with Crippen molar-refractivity contribution in [2.75, 3.05) is 57.9 Å². The number of hydrogen-bond donors (Lipinski definition) is 2. The molecule has 1 amide bonds. The predicted molar refractivity (Wildman–Crippen MR) is 108 cm³/mol. The van der Waals surface area contributed by atoms with Gasteiger partial charge in [0.1, 0.15) is 0 Å². The number of carbonyl (C=O) groups excluding carboxylic acids is 1. The molecule has 2 aliphatic heterocycles. The highest BCUT2D eigenvalue weighted by atomic mass is 16.5. The largest absolute Gasteiger partial charge is 0.384 e. The lowest BCUT2D eigenvalue weighted by Gasteiger charge is -2.28. The molecule has 7 heteroatoms. The molecule has 0 aliphatic carbocycles. The highest BCUT2D eigenvalue weighted by Gasteiger charge is 2.24. The highest BCUT2D eigenvalue weighted by Crippen LogP contribution is 2.18. The second-order valence-electron chi connectivity index (χ2n) is 7.16. The average molecular weight is 374 g/mol. The monoisotopic (exact) mass is 373 g/mol. The third-order valence-electron chi connectivity index (χ3n) is 5.07. The summed E-state index contributed by atoms with van der Waals surface area (Å²) in [5, 5.41) is 6.27. The van der Waals surface area contributed by atoms with E-state index >= 15 is 0 Å². The second-order valence-corrected chi connectivity index (χ2v) is 7.16. The van der Waals surface area contributed by atoms with Gasteiger partial charge in [-0.25, -0.2) is 4.99 Å². The molecule has 1 aromatic carbocycles. The smallest absolute Gasteiger partial charge is 0.239 e. The van der Waals surface area contributed by atoms with Gasteiger partial charge >= 0.3 is 0 Å². The van der Waals surface area contributed by atoms with Gasteiger partial charge in [-0.1, -0.05) is 12.1 Å². The number of piperazine rings is 1. The van der Waals surface area contributed by atoms with Gasteiger partial charge in [0.2, 0.25) is 5.91 Å². The molecule has 2 saturated heterocycles. The summed E-state index contributed by atoms with van der Waals surface area (Å²) >= 11 is 0. The van der Waals surface area contributed by atoms with Crippen LogP contribution in [0.5, 0.6) is 0 Å². The van der Waals surface area contributed by atoms with Crippen molar-refractivity contribution in [3.8, 4) is 0 Å². The number of aliphatic imine (C=N–C) groups is 1. The number of ether oxygens (including phenoxy) is 1. The topological polar surface area (TPSA) is 69.2 Å². The number of guanidine groups is 1. The summed E-state index contributed by atoms with van der Waals surface area (Å²) in [6, 6.07) is 8.38. The van der Waals surface area contributed by atoms with E-state index < -0.39 is 0 Å². The fraction of sp³-hybridized carbons (Fsp3) is 0.600. The molecule has 148 valence electrons. The van der Waals surface area contributed by atoms with E-state index in [4.69, 9.17) is 9.73 Å². The maximum atomic E-state index is 11.6. The van der Waals surface area contributed by atoms with Crippen LogP contribution in [-0.4, -0.2) is 69.8 Å². The standard InChI is InChI=1S/C20H31N5O2/c1-3-21-20(25-10-8-17(13-25)15-27-2)23-12-16-4-6-18(7-5-16)24-11-9-22-19(26)14-24/h4-7,17H,3,8-15H2,1-2H3,(H,21,23)(H,22,26). The molecule has 0 radical (unpaired) electrons. The summed E-state index contributed by atoms with van der Waals surface area (Å²) < 4.78 is 5.30. The summed E-state index contributed by atoms with van der Waals surface area (Å²) in [5.74, 6) is 1.65. The van der Waals surface area contributed by atoms with Gasteiger partial charge in [-0.05, 0) is 31.0 Å². The Kier molecular flexibility index (Phi) is 6.92. The SMILES string of the molecule is CCNC(=NCc1ccc(N2CCNC(=O)C2)cc1)N1CCC(COC)C1. The number of rotatable bonds is 6. The Morgan fingerprint density at radius 1 is 1.33 bits per heavy atom. The highest BCUT2D eigenvalue weighted by molar-refractivity contribution is 5.82. The molecule has 7 nitrogen and oxygen atoms in total. The van der Waals surface area contributed by atoms with Crippen LogP contribution in [0.3, 0.4) is 0 Å². The third-order valence-corrected chi connectivity index (χ3v) is 5.07. The molecule has 0 saturated carbocycles. The first-order valence-electron chi connectivity index (χ1n) is 9.82. The van der Waals surface area contributed by atoms with Crippen molar-refractivity contribution in [2.24, 2.45) is 10.9 Å². The quantitative estimate of drug-likeness (QED) is 0.576. The summed E-state index contributed by atoms with van der Waals surface area (Å²) in [5.41, 5.74) is 2.26. The fourth-order valence-electron chi connectivity index (χ4n) is 3.66. The van der Waals surface area contributed by atoms with Crippen LogP contribution in [0.2, 0.25) is 0 Å². The van der Waals surface area contributed by atoms with E-state index in [1.807, 2.05) is 0 Å². The van der Waals surface area contributed by atoms with Crippen molar-refractivity contribution in [3.63, 3.8) is 0 Å². The maximum absolute atomic E-state index is 11.6. The molecule has 0 aromatic heterocycles. The Labute approximate surface area is 161 Å². The fourth-order valence-corrected chi connectivity index (χ4v) is 3.66. The Morgan fingerprint density at radius 2 is 2.15 bits per heavy atom. The van der Waals surface area contributed by atoms with E-state index in [1.54, 1.807) is 7.11 Å².